The van der Waals surface area contributed by atoms with Crippen LogP contribution in [0.15, 0.2) is 18.2 Å². The Labute approximate surface area is 109 Å². The predicted octanol–water partition coefficient (Wildman–Crippen LogP) is 1.34. The molecule has 1 atom stereocenters. The molecule has 0 heterocycles. The Morgan fingerprint density at radius 1 is 1.44 bits per heavy atom. The number of ether oxygens (including phenoxy) is 1. The first-order chi connectivity index (χ1) is 8.43. The molecule has 0 aliphatic rings. The maximum Gasteiger partial charge on any atom is 0.312 e. The van der Waals surface area contributed by atoms with Crippen LogP contribution in [0.5, 0.6) is 5.75 Å². The molecule has 7 heteroatoms. The fraction of sp³-hybridized carbons (Fsp3) is 0.273. The number of primary amides is 1. The lowest BCUT2D eigenvalue weighted by atomic mass is 10.2. The smallest absolute Gasteiger partial charge is 0.312 e. The molecule has 18 heavy (non-hydrogen) atoms. The minimum atomic E-state index is -0.759. The molecule has 3 amide bonds. The number of hydrogen-bond acceptors (Lipinski definition) is 3. The first-order valence-electron chi connectivity index (χ1n) is 5.14. The molecule has 0 saturated heterocycles. The van der Waals surface area contributed by atoms with Gasteiger partial charge >= 0.3 is 6.03 Å². The van der Waals surface area contributed by atoms with E-state index in [-0.39, 0.29) is 0 Å². The van der Waals surface area contributed by atoms with Gasteiger partial charge in [-0.05, 0) is 25.1 Å². The van der Waals surface area contributed by atoms with Crippen LogP contribution in [0.2, 0.25) is 5.02 Å². The molecule has 0 unspecified atom stereocenters. The molecule has 0 bridgehead atoms. The number of hydrogen-bond donors (Lipinski definition) is 3. The SMILES string of the molecule is COc1ccc(NC(=O)[C@@H](C)NC(N)=O)cc1Cl. The first kappa shape index (κ1) is 14.1. The molecule has 4 N–H and O–H groups in total. The summed E-state index contributed by atoms with van der Waals surface area (Å²) in [6.07, 6.45) is 0. The Balaban J connectivity index is 2.70. The van der Waals surface area contributed by atoms with Crippen LogP contribution in [0, 0.1) is 0 Å². The molecular formula is C11H14ClN3O3. The molecule has 1 aromatic carbocycles. The second kappa shape index (κ2) is 6.11. The van der Waals surface area contributed by atoms with Gasteiger partial charge in [0.2, 0.25) is 5.91 Å². The van der Waals surface area contributed by atoms with E-state index >= 15 is 0 Å². The van der Waals surface area contributed by atoms with E-state index in [0.717, 1.165) is 0 Å². The number of amides is 3. The van der Waals surface area contributed by atoms with E-state index in [4.69, 9.17) is 22.1 Å². The van der Waals surface area contributed by atoms with Crippen molar-refractivity contribution in [1.82, 2.24) is 5.32 Å². The van der Waals surface area contributed by atoms with Crippen molar-refractivity contribution in [2.75, 3.05) is 12.4 Å². The molecule has 1 rings (SSSR count). The zero-order valence-electron chi connectivity index (χ0n) is 9.99. The summed E-state index contributed by atoms with van der Waals surface area (Å²) in [5, 5.41) is 5.24. The molecule has 1 aromatic rings. The number of methoxy groups -OCH3 is 1. The van der Waals surface area contributed by atoms with Crippen molar-refractivity contribution in [1.29, 1.82) is 0 Å². The van der Waals surface area contributed by atoms with Gasteiger partial charge in [0.05, 0.1) is 12.1 Å². The molecule has 0 aliphatic carbocycles. The summed E-state index contributed by atoms with van der Waals surface area (Å²) in [5.74, 6) is 0.119. The number of anilines is 1. The molecule has 6 nitrogen and oxygen atoms in total. The average Bonchev–Trinajstić information content (AvgIpc) is 2.28. The molecule has 0 aliphatic heterocycles. The summed E-state index contributed by atoms with van der Waals surface area (Å²) in [7, 11) is 1.50. The molecule has 0 spiro atoms. The third-order valence-corrected chi connectivity index (χ3v) is 2.47. The van der Waals surface area contributed by atoms with Crippen molar-refractivity contribution in [3.8, 4) is 5.75 Å². The highest BCUT2D eigenvalue weighted by atomic mass is 35.5. The second-order valence-electron chi connectivity index (χ2n) is 3.57. The van der Waals surface area contributed by atoms with Gasteiger partial charge in [0, 0.05) is 5.69 Å². The Hall–Kier alpha value is -1.95. The van der Waals surface area contributed by atoms with Crippen LogP contribution in [-0.2, 0) is 4.79 Å². The van der Waals surface area contributed by atoms with Gasteiger partial charge in [-0.15, -0.1) is 0 Å². The molecule has 98 valence electrons. The first-order valence-corrected chi connectivity index (χ1v) is 5.52. The van der Waals surface area contributed by atoms with E-state index < -0.39 is 18.0 Å². The van der Waals surface area contributed by atoms with Crippen LogP contribution in [0.25, 0.3) is 0 Å². The van der Waals surface area contributed by atoms with Crippen molar-refractivity contribution in [2.45, 2.75) is 13.0 Å². The molecular weight excluding hydrogens is 258 g/mol. The molecule has 0 radical (unpaired) electrons. The van der Waals surface area contributed by atoms with Crippen LogP contribution in [-0.4, -0.2) is 25.1 Å². The van der Waals surface area contributed by atoms with Crippen molar-refractivity contribution in [3.63, 3.8) is 0 Å². The van der Waals surface area contributed by atoms with Gasteiger partial charge in [-0.2, -0.15) is 0 Å². The van der Waals surface area contributed by atoms with Gasteiger partial charge in [-0.25, -0.2) is 4.79 Å². The van der Waals surface area contributed by atoms with Crippen LogP contribution in [0.4, 0.5) is 10.5 Å². The summed E-state index contributed by atoms with van der Waals surface area (Å²) < 4.78 is 4.99. The van der Waals surface area contributed by atoms with Gasteiger partial charge in [0.15, 0.2) is 0 Å². The standard InChI is InChI=1S/C11H14ClN3O3/c1-6(14-11(13)17)10(16)15-7-3-4-9(18-2)8(12)5-7/h3-6H,1-2H3,(H,15,16)(H3,13,14,17)/t6-/m1/s1. The van der Waals surface area contributed by atoms with E-state index in [2.05, 4.69) is 10.6 Å². The molecule has 0 aromatic heterocycles. The Morgan fingerprint density at radius 3 is 2.61 bits per heavy atom. The van der Waals surface area contributed by atoms with Crippen molar-refractivity contribution >= 4 is 29.2 Å². The van der Waals surface area contributed by atoms with Crippen LogP contribution in [0.3, 0.4) is 0 Å². The minimum absolute atomic E-state index is 0.380. The third kappa shape index (κ3) is 3.81. The highest BCUT2D eigenvalue weighted by Gasteiger charge is 2.14. The Kier molecular flexibility index (Phi) is 4.79. The molecule has 0 saturated carbocycles. The van der Waals surface area contributed by atoms with Crippen molar-refractivity contribution < 1.29 is 14.3 Å². The van der Waals surface area contributed by atoms with Crippen molar-refractivity contribution in [2.24, 2.45) is 5.73 Å². The maximum atomic E-state index is 11.7. The van der Waals surface area contributed by atoms with Gasteiger partial charge in [0.1, 0.15) is 11.8 Å². The van der Waals surface area contributed by atoms with Gasteiger partial charge in [-0.1, -0.05) is 11.6 Å². The summed E-state index contributed by atoms with van der Waals surface area (Å²) in [6.45, 7) is 1.52. The second-order valence-corrected chi connectivity index (χ2v) is 3.98. The fourth-order valence-corrected chi connectivity index (χ4v) is 1.53. The number of rotatable bonds is 4. The minimum Gasteiger partial charge on any atom is -0.495 e. The lowest BCUT2D eigenvalue weighted by Gasteiger charge is -2.13. The number of nitrogens with two attached hydrogens (primary N) is 1. The zero-order chi connectivity index (χ0) is 13.7. The monoisotopic (exact) mass is 271 g/mol. The summed E-state index contributed by atoms with van der Waals surface area (Å²) in [6, 6.07) is 3.33. The van der Waals surface area contributed by atoms with Gasteiger partial charge in [0.25, 0.3) is 0 Å². The number of benzene rings is 1. The summed E-state index contributed by atoms with van der Waals surface area (Å²) >= 11 is 5.91. The predicted molar refractivity (Wildman–Crippen MR) is 68.8 cm³/mol. The van der Waals surface area contributed by atoms with Crippen molar-refractivity contribution in [3.05, 3.63) is 23.2 Å². The van der Waals surface area contributed by atoms with Crippen LogP contribution in [0.1, 0.15) is 6.92 Å². The van der Waals surface area contributed by atoms with Gasteiger partial charge in [-0.3, -0.25) is 4.79 Å². The number of halogens is 1. The number of carbonyl (C=O) groups is 2. The van der Waals surface area contributed by atoms with Crippen LogP contribution >= 0.6 is 11.6 Å². The van der Waals surface area contributed by atoms with E-state index in [1.807, 2.05) is 0 Å². The fourth-order valence-electron chi connectivity index (χ4n) is 1.27. The van der Waals surface area contributed by atoms with E-state index in [0.29, 0.717) is 16.5 Å². The highest BCUT2D eigenvalue weighted by Crippen LogP contribution is 2.27. The summed E-state index contributed by atoms with van der Waals surface area (Å²) in [5.41, 5.74) is 5.42. The van der Waals surface area contributed by atoms with Gasteiger partial charge < -0.3 is 21.1 Å². The van der Waals surface area contributed by atoms with E-state index in [1.165, 1.54) is 14.0 Å². The molecule has 0 fully saturated rings. The average molecular weight is 272 g/mol. The quantitative estimate of drug-likeness (QED) is 0.771. The third-order valence-electron chi connectivity index (χ3n) is 2.17. The normalized spacial score (nSPS) is 11.5. The zero-order valence-corrected chi connectivity index (χ0v) is 10.7. The lowest BCUT2D eigenvalue weighted by Crippen LogP contribution is -2.44. The largest absolute Gasteiger partial charge is 0.495 e. The van der Waals surface area contributed by atoms with E-state index in [1.54, 1.807) is 18.2 Å². The topological polar surface area (TPSA) is 93.4 Å². The Morgan fingerprint density at radius 2 is 2.11 bits per heavy atom. The number of nitrogens with one attached hydrogen (secondary N) is 2. The number of urea groups is 1. The Bertz CT molecular complexity index is 465. The van der Waals surface area contributed by atoms with E-state index in [9.17, 15) is 9.59 Å². The lowest BCUT2D eigenvalue weighted by molar-refractivity contribution is -0.117. The number of carbonyl (C=O) groups excluding carboxylic acids is 2. The van der Waals surface area contributed by atoms with Crippen LogP contribution < -0.4 is 21.1 Å². The highest BCUT2D eigenvalue weighted by molar-refractivity contribution is 6.32. The summed E-state index contributed by atoms with van der Waals surface area (Å²) in [4.78, 5) is 22.3. The maximum absolute atomic E-state index is 11.7.